The molecule has 25 heavy (non-hydrogen) atoms. The number of nitrogens with zero attached hydrogens (tertiary/aromatic N) is 6. The first-order valence-electron chi connectivity index (χ1n) is 8.81. The fraction of sp³-hybridized carbons (Fsp3) is 0.611. The van der Waals surface area contributed by atoms with E-state index in [1.807, 2.05) is 43.8 Å². The number of piperidine rings is 1. The minimum Gasteiger partial charge on any atom is -0.341 e. The van der Waals surface area contributed by atoms with Crippen LogP contribution in [0.1, 0.15) is 40.5 Å². The van der Waals surface area contributed by atoms with Gasteiger partial charge < -0.3 is 4.90 Å². The van der Waals surface area contributed by atoms with Crippen LogP contribution in [0.3, 0.4) is 0 Å². The van der Waals surface area contributed by atoms with Gasteiger partial charge in [-0.1, -0.05) is 0 Å². The fourth-order valence-electron chi connectivity index (χ4n) is 4.02. The molecule has 2 atom stereocenters. The summed E-state index contributed by atoms with van der Waals surface area (Å²) in [5.74, 6) is 0.442. The molecule has 3 heterocycles. The summed E-state index contributed by atoms with van der Waals surface area (Å²) < 4.78 is 3.55. The van der Waals surface area contributed by atoms with Crippen molar-refractivity contribution in [2.24, 2.45) is 20.0 Å². The second-order valence-corrected chi connectivity index (χ2v) is 7.26. The monoisotopic (exact) mass is 344 g/mol. The SMILES string of the molecule is Cc1nn(C)cc1C(=O)N(C)C[C@@H]1CCCN(C)[C@H]1c1cnn(C)c1. The largest absolute Gasteiger partial charge is 0.341 e. The lowest BCUT2D eigenvalue weighted by Gasteiger charge is -2.40. The zero-order valence-corrected chi connectivity index (χ0v) is 15.8. The van der Waals surface area contributed by atoms with Crippen LogP contribution in [0.5, 0.6) is 0 Å². The minimum absolute atomic E-state index is 0.0452. The maximum Gasteiger partial charge on any atom is 0.257 e. The van der Waals surface area contributed by atoms with Gasteiger partial charge in [0.25, 0.3) is 5.91 Å². The van der Waals surface area contributed by atoms with Gasteiger partial charge in [-0.3, -0.25) is 19.1 Å². The molecule has 0 saturated carbocycles. The Balaban J connectivity index is 1.77. The smallest absolute Gasteiger partial charge is 0.257 e. The van der Waals surface area contributed by atoms with Crippen LogP contribution in [0.25, 0.3) is 0 Å². The minimum atomic E-state index is 0.0452. The van der Waals surface area contributed by atoms with E-state index in [-0.39, 0.29) is 5.91 Å². The van der Waals surface area contributed by atoms with Crippen molar-refractivity contribution in [2.75, 3.05) is 27.2 Å². The van der Waals surface area contributed by atoms with Crippen LogP contribution < -0.4 is 0 Å². The molecule has 0 unspecified atom stereocenters. The van der Waals surface area contributed by atoms with E-state index in [2.05, 4.69) is 28.3 Å². The molecule has 0 bridgehead atoms. The average Bonchev–Trinajstić information content (AvgIpc) is 3.12. The van der Waals surface area contributed by atoms with Gasteiger partial charge in [0.15, 0.2) is 0 Å². The Labute approximate surface area is 149 Å². The van der Waals surface area contributed by atoms with Gasteiger partial charge in [-0.2, -0.15) is 10.2 Å². The number of carbonyl (C=O) groups is 1. The summed E-state index contributed by atoms with van der Waals surface area (Å²) in [6.45, 7) is 3.69. The predicted octanol–water partition coefficient (Wildman–Crippen LogP) is 1.62. The fourth-order valence-corrected chi connectivity index (χ4v) is 4.02. The molecule has 1 aliphatic heterocycles. The Hall–Kier alpha value is -2.15. The van der Waals surface area contributed by atoms with Crippen LogP contribution in [0, 0.1) is 12.8 Å². The molecule has 0 spiro atoms. The molecule has 136 valence electrons. The highest BCUT2D eigenvalue weighted by molar-refractivity contribution is 5.94. The van der Waals surface area contributed by atoms with Crippen molar-refractivity contribution in [3.05, 3.63) is 35.4 Å². The van der Waals surface area contributed by atoms with Gasteiger partial charge in [-0.25, -0.2) is 0 Å². The normalized spacial score (nSPS) is 21.5. The summed E-state index contributed by atoms with van der Waals surface area (Å²) in [5.41, 5.74) is 2.70. The van der Waals surface area contributed by atoms with Crippen molar-refractivity contribution in [1.29, 1.82) is 0 Å². The summed E-state index contributed by atoms with van der Waals surface area (Å²) in [5, 5.41) is 8.62. The molecule has 7 heteroatoms. The lowest BCUT2D eigenvalue weighted by atomic mass is 9.85. The van der Waals surface area contributed by atoms with Gasteiger partial charge >= 0.3 is 0 Å². The van der Waals surface area contributed by atoms with Gasteiger partial charge in [-0.05, 0) is 39.3 Å². The Bertz CT molecular complexity index is 749. The number of rotatable bonds is 4. The third kappa shape index (κ3) is 3.61. The highest BCUT2D eigenvalue weighted by Gasteiger charge is 2.33. The molecular weight excluding hydrogens is 316 g/mol. The summed E-state index contributed by atoms with van der Waals surface area (Å²) in [6, 6.07) is 0.299. The predicted molar refractivity (Wildman–Crippen MR) is 96.2 cm³/mol. The van der Waals surface area contributed by atoms with E-state index in [9.17, 15) is 4.79 Å². The Morgan fingerprint density at radius 3 is 2.64 bits per heavy atom. The molecule has 2 aromatic heterocycles. The van der Waals surface area contributed by atoms with Crippen LogP contribution in [-0.4, -0.2) is 62.5 Å². The van der Waals surface area contributed by atoms with Crippen LogP contribution >= 0.6 is 0 Å². The van der Waals surface area contributed by atoms with Crippen molar-refractivity contribution >= 4 is 5.91 Å². The second-order valence-electron chi connectivity index (χ2n) is 7.26. The quantitative estimate of drug-likeness (QED) is 0.846. The number of carbonyl (C=O) groups excluding carboxylic acids is 1. The van der Waals surface area contributed by atoms with Crippen LogP contribution in [0.4, 0.5) is 0 Å². The number of hydrogen-bond donors (Lipinski definition) is 0. The van der Waals surface area contributed by atoms with Gasteiger partial charge in [0.05, 0.1) is 17.5 Å². The maximum absolute atomic E-state index is 12.8. The zero-order chi connectivity index (χ0) is 18.1. The van der Waals surface area contributed by atoms with Crippen molar-refractivity contribution in [3.63, 3.8) is 0 Å². The molecule has 1 fully saturated rings. The lowest BCUT2D eigenvalue weighted by molar-refractivity contribution is 0.0644. The average molecular weight is 344 g/mol. The number of aryl methyl sites for hydroxylation is 3. The summed E-state index contributed by atoms with van der Waals surface area (Å²) in [6.07, 6.45) is 8.12. The zero-order valence-electron chi connectivity index (χ0n) is 15.8. The van der Waals surface area contributed by atoms with E-state index < -0.39 is 0 Å². The van der Waals surface area contributed by atoms with Crippen molar-refractivity contribution in [3.8, 4) is 0 Å². The van der Waals surface area contributed by atoms with Gasteiger partial charge in [0.2, 0.25) is 0 Å². The molecule has 0 radical (unpaired) electrons. The molecule has 0 aliphatic carbocycles. The van der Waals surface area contributed by atoms with E-state index in [1.165, 1.54) is 5.56 Å². The molecule has 1 saturated heterocycles. The molecule has 0 aromatic carbocycles. The number of aromatic nitrogens is 4. The van der Waals surface area contributed by atoms with Gasteiger partial charge in [0, 0.05) is 51.7 Å². The van der Waals surface area contributed by atoms with E-state index in [0.29, 0.717) is 17.5 Å². The Morgan fingerprint density at radius 2 is 2.04 bits per heavy atom. The molecule has 0 N–H and O–H groups in total. The van der Waals surface area contributed by atoms with Crippen LogP contribution in [0.15, 0.2) is 18.6 Å². The van der Waals surface area contributed by atoms with E-state index in [4.69, 9.17) is 0 Å². The summed E-state index contributed by atoms with van der Waals surface area (Å²) >= 11 is 0. The molecular formula is C18H28N6O. The van der Waals surface area contributed by atoms with E-state index in [0.717, 1.165) is 31.6 Å². The summed E-state index contributed by atoms with van der Waals surface area (Å²) in [4.78, 5) is 17.1. The first-order chi connectivity index (χ1) is 11.9. The van der Waals surface area contributed by atoms with E-state index >= 15 is 0 Å². The van der Waals surface area contributed by atoms with Crippen molar-refractivity contribution in [1.82, 2.24) is 29.4 Å². The third-order valence-electron chi connectivity index (χ3n) is 5.17. The lowest BCUT2D eigenvalue weighted by Crippen LogP contribution is -2.42. The molecule has 7 nitrogen and oxygen atoms in total. The maximum atomic E-state index is 12.8. The topological polar surface area (TPSA) is 59.2 Å². The number of hydrogen-bond acceptors (Lipinski definition) is 4. The number of likely N-dealkylation sites (tertiary alicyclic amines) is 1. The van der Waals surface area contributed by atoms with Crippen molar-refractivity contribution in [2.45, 2.75) is 25.8 Å². The second kappa shape index (κ2) is 7.00. The van der Waals surface area contributed by atoms with Crippen LogP contribution in [0.2, 0.25) is 0 Å². The Morgan fingerprint density at radius 1 is 1.28 bits per heavy atom. The third-order valence-corrected chi connectivity index (χ3v) is 5.17. The molecule has 1 aliphatic rings. The van der Waals surface area contributed by atoms with Gasteiger partial charge in [-0.15, -0.1) is 0 Å². The first-order valence-corrected chi connectivity index (χ1v) is 8.81. The first kappa shape index (κ1) is 17.7. The van der Waals surface area contributed by atoms with Crippen molar-refractivity contribution < 1.29 is 4.79 Å². The summed E-state index contributed by atoms with van der Waals surface area (Å²) in [7, 11) is 7.85. The highest BCUT2D eigenvalue weighted by atomic mass is 16.2. The standard InChI is InChI=1S/C18H28N6O/c1-13-16(12-24(5)20-13)18(25)22(3)10-14-7-6-8-21(2)17(14)15-9-19-23(4)11-15/h9,11-12,14,17H,6-8,10H2,1-5H3/t14-,17+/m0/s1. The number of amides is 1. The molecule has 3 rings (SSSR count). The Kier molecular flexibility index (Phi) is 4.94. The van der Waals surface area contributed by atoms with Crippen LogP contribution in [-0.2, 0) is 14.1 Å². The van der Waals surface area contributed by atoms with E-state index in [1.54, 1.807) is 10.9 Å². The van der Waals surface area contributed by atoms with Gasteiger partial charge in [0.1, 0.15) is 0 Å². The molecule has 1 amide bonds. The highest BCUT2D eigenvalue weighted by Crippen LogP contribution is 2.35. The molecule has 2 aromatic rings.